The summed E-state index contributed by atoms with van der Waals surface area (Å²) in [6, 6.07) is 3.95. The lowest BCUT2D eigenvalue weighted by atomic mass is 9.84. The lowest BCUT2D eigenvalue weighted by molar-refractivity contribution is -0.202. The van der Waals surface area contributed by atoms with Gasteiger partial charge in [0.2, 0.25) is 5.91 Å². The van der Waals surface area contributed by atoms with E-state index in [2.05, 4.69) is 18.8 Å². The Hall–Kier alpha value is -1.46. The molecule has 1 amide bonds. The Kier molecular flexibility index (Phi) is 4.97. The Balaban J connectivity index is 1.47. The average molecular weight is 318 g/mol. The number of nitrogens with zero attached hydrogens (tertiary/aromatic N) is 2. The van der Waals surface area contributed by atoms with E-state index in [0.717, 1.165) is 18.4 Å². The third-order valence-corrected chi connectivity index (χ3v) is 4.58. The Labute approximate surface area is 138 Å². The van der Waals surface area contributed by atoms with Gasteiger partial charge in [0.15, 0.2) is 0 Å². The molecule has 23 heavy (non-hydrogen) atoms. The van der Waals surface area contributed by atoms with Gasteiger partial charge in [-0.15, -0.1) is 0 Å². The normalized spacial score (nSPS) is 23.1. The maximum absolute atomic E-state index is 12.1. The molecular weight excluding hydrogens is 292 g/mol. The predicted molar refractivity (Wildman–Crippen MR) is 86.8 cm³/mol. The molecule has 0 radical (unpaired) electrons. The van der Waals surface area contributed by atoms with Gasteiger partial charge >= 0.3 is 0 Å². The molecule has 0 bridgehead atoms. The second kappa shape index (κ2) is 6.97. The molecule has 0 aliphatic carbocycles. The van der Waals surface area contributed by atoms with Crippen molar-refractivity contribution in [3.8, 4) is 0 Å². The number of likely N-dealkylation sites (tertiary alicyclic amines) is 1. The lowest BCUT2D eigenvalue weighted by Gasteiger charge is -2.53. The zero-order valence-corrected chi connectivity index (χ0v) is 14.0. The number of aromatic nitrogens is 1. The molecule has 0 unspecified atom stereocenters. The molecule has 5 nitrogen and oxygen atoms in total. The van der Waals surface area contributed by atoms with Gasteiger partial charge in [0.05, 0.1) is 25.8 Å². The van der Waals surface area contributed by atoms with Gasteiger partial charge in [-0.1, -0.05) is 13.8 Å². The number of carbonyl (C=O) groups excluding carboxylic acids is 1. The van der Waals surface area contributed by atoms with Gasteiger partial charge in [-0.25, -0.2) is 0 Å². The summed E-state index contributed by atoms with van der Waals surface area (Å²) in [6.45, 7) is 6.91. The number of rotatable bonds is 5. The van der Waals surface area contributed by atoms with Crippen LogP contribution in [0.1, 0.15) is 38.7 Å². The molecule has 0 N–H and O–H groups in total. The molecule has 1 aromatic heterocycles. The van der Waals surface area contributed by atoms with E-state index in [1.807, 2.05) is 17.0 Å². The van der Waals surface area contributed by atoms with Gasteiger partial charge < -0.3 is 14.4 Å². The minimum absolute atomic E-state index is 0.173. The first kappa shape index (κ1) is 16.4. The van der Waals surface area contributed by atoms with Crippen molar-refractivity contribution in [2.75, 3.05) is 19.7 Å². The summed E-state index contributed by atoms with van der Waals surface area (Å²) in [5.74, 6) is 0.650. The fourth-order valence-electron chi connectivity index (χ4n) is 3.34. The first-order valence-electron chi connectivity index (χ1n) is 8.48. The van der Waals surface area contributed by atoms with E-state index >= 15 is 0 Å². The van der Waals surface area contributed by atoms with E-state index in [1.165, 1.54) is 0 Å². The fraction of sp³-hybridized carbons (Fsp3) is 0.667. The summed E-state index contributed by atoms with van der Waals surface area (Å²) in [7, 11) is 0. The molecule has 3 heterocycles. The van der Waals surface area contributed by atoms with Gasteiger partial charge in [-0.3, -0.25) is 9.78 Å². The summed E-state index contributed by atoms with van der Waals surface area (Å²) in [4.78, 5) is 18.0. The highest BCUT2D eigenvalue weighted by molar-refractivity contribution is 5.77. The number of hydrogen-bond acceptors (Lipinski definition) is 4. The highest BCUT2D eigenvalue weighted by Gasteiger charge is 2.49. The zero-order chi connectivity index (χ0) is 16.3. The molecule has 1 aromatic rings. The van der Waals surface area contributed by atoms with E-state index < -0.39 is 0 Å². The molecule has 2 aliphatic rings. The first-order valence-corrected chi connectivity index (χ1v) is 8.48. The van der Waals surface area contributed by atoms with E-state index in [4.69, 9.17) is 9.47 Å². The lowest BCUT2D eigenvalue weighted by Crippen LogP contribution is -2.67. The number of amides is 1. The van der Waals surface area contributed by atoms with Crippen LogP contribution in [0.2, 0.25) is 0 Å². The van der Waals surface area contributed by atoms with Gasteiger partial charge in [-0.2, -0.15) is 0 Å². The third kappa shape index (κ3) is 4.09. The fourth-order valence-corrected chi connectivity index (χ4v) is 3.34. The summed E-state index contributed by atoms with van der Waals surface area (Å²) >= 11 is 0. The van der Waals surface area contributed by atoms with Crippen LogP contribution in [-0.4, -0.2) is 47.2 Å². The van der Waals surface area contributed by atoms with Crippen molar-refractivity contribution < 1.29 is 14.3 Å². The van der Waals surface area contributed by atoms with Crippen molar-refractivity contribution in [3.05, 3.63) is 30.1 Å². The first-order chi connectivity index (χ1) is 11.1. The predicted octanol–water partition coefficient (Wildman–Crippen LogP) is 2.40. The zero-order valence-electron chi connectivity index (χ0n) is 14.0. The Morgan fingerprint density at radius 3 is 2.87 bits per heavy atom. The molecule has 5 heteroatoms. The second-order valence-electron chi connectivity index (χ2n) is 7.16. The van der Waals surface area contributed by atoms with Crippen molar-refractivity contribution in [1.82, 2.24) is 9.88 Å². The van der Waals surface area contributed by atoms with E-state index in [9.17, 15) is 4.79 Å². The largest absolute Gasteiger partial charge is 0.373 e. The Morgan fingerprint density at radius 1 is 1.43 bits per heavy atom. The summed E-state index contributed by atoms with van der Waals surface area (Å²) in [6.07, 6.45) is 6.20. The summed E-state index contributed by atoms with van der Waals surface area (Å²) < 4.78 is 12.0. The molecule has 0 saturated carbocycles. The Bertz CT molecular complexity index is 526. The molecule has 2 saturated heterocycles. The molecular formula is C18H26N2O3. The van der Waals surface area contributed by atoms with Crippen LogP contribution in [-0.2, 0) is 20.9 Å². The van der Waals surface area contributed by atoms with Crippen LogP contribution in [0, 0.1) is 5.92 Å². The van der Waals surface area contributed by atoms with Gasteiger partial charge in [0, 0.05) is 31.8 Å². The molecule has 2 fully saturated rings. The van der Waals surface area contributed by atoms with Crippen LogP contribution in [0.3, 0.4) is 0 Å². The maximum Gasteiger partial charge on any atom is 0.223 e. The van der Waals surface area contributed by atoms with Crippen molar-refractivity contribution >= 4 is 5.91 Å². The number of carbonyl (C=O) groups is 1. The quantitative estimate of drug-likeness (QED) is 0.836. The molecule has 126 valence electrons. The van der Waals surface area contributed by atoms with E-state index in [0.29, 0.717) is 38.6 Å². The van der Waals surface area contributed by atoms with Crippen molar-refractivity contribution in [1.29, 1.82) is 0 Å². The van der Waals surface area contributed by atoms with Gasteiger partial charge in [-0.05, 0) is 30.0 Å². The summed E-state index contributed by atoms with van der Waals surface area (Å²) in [5.41, 5.74) is 0.969. The molecule has 3 rings (SSSR count). The monoisotopic (exact) mass is 318 g/mol. The third-order valence-electron chi connectivity index (χ3n) is 4.58. The van der Waals surface area contributed by atoms with Crippen molar-refractivity contribution in [2.24, 2.45) is 5.92 Å². The van der Waals surface area contributed by atoms with Crippen LogP contribution in [0.4, 0.5) is 0 Å². The molecule has 2 aliphatic heterocycles. The highest BCUT2D eigenvalue weighted by Crippen LogP contribution is 2.36. The van der Waals surface area contributed by atoms with E-state index in [1.54, 1.807) is 12.4 Å². The van der Waals surface area contributed by atoms with Crippen LogP contribution in [0.25, 0.3) is 0 Å². The minimum Gasteiger partial charge on any atom is -0.373 e. The van der Waals surface area contributed by atoms with Crippen molar-refractivity contribution in [2.45, 2.75) is 51.4 Å². The van der Waals surface area contributed by atoms with Crippen LogP contribution in [0.15, 0.2) is 24.5 Å². The number of hydrogen-bond donors (Lipinski definition) is 0. The van der Waals surface area contributed by atoms with Gasteiger partial charge in [0.1, 0.15) is 5.60 Å². The van der Waals surface area contributed by atoms with E-state index in [-0.39, 0.29) is 17.6 Å². The minimum atomic E-state index is -0.173. The molecule has 0 aromatic carbocycles. The highest BCUT2D eigenvalue weighted by atomic mass is 16.5. The number of pyridine rings is 1. The van der Waals surface area contributed by atoms with Crippen LogP contribution >= 0.6 is 0 Å². The molecule has 1 spiro atoms. The second-order valence-corrected chi connectivity index (χ2v) is 7.16. The number of ether oxygens (including phenoxy) is 2. The smallest absolute Gasteiger partial charge is 0.223 e. The van der Waals surface area contributed by atoms with Gasteiger partial charge in [0.25, 0.3) is 0 Å². The summed E-state index contributed by atoms with van der Waals surface area (Å²) in [5, 5.41) is 0. The van der Waals surface area contributed by atoms with Crippen molar-refractivity contribution in [3.63, 3.8) is 0 Å². The standard InChI is InChI=1S/C18H26N2O3/c1-14(2)9-17(21)20-12-18(13-20)10-16(5-8-23-18)22-11-15-3-6-19-7-4-15/h3-4,6-7,14,16H,5,8-13H2,1-2H3/t16-/m1/s1. The van der Waals surface area contributed by atoms with Crippen LogP contribution < -0.4 is 0 Å². The molecule has 1 atom stereocenters. The Morgan fingerprint density at radius 2 is 2.17 bits per heavy atom. The van der Waals surface area contributed by atoms with Crippen LogP contribution in [0.5, 0.6) is 0 Å². The topological polar surface area (TPSA) is 51.7 Å². The SMILES string of the molecule is CC(C)CC(=O)N1CC2(C[C@H](OCc3ccncc3)CCO2)C1. The average Bonchev–Trinajstić information content (AvgIpc) is 2.51. The maximum atomic E-state index is 12.1.